The molecule has 2 N–H and O–H groups in total. The third kappa shape index (κ3) is 8.44. The van der Waals surface area contributed by atoms with Gasteiger partial charge in [0.15, 0.2) is 0 Å². The highest BCUT2D eigenvalue weighted by Crippen LogP contribution is 2.01. The van der Waals surface area contributed by atoms with Crippen LogP contribution in [-0.4, -0.2) is 21.8 Å². The fourth-order valence-corrected chi connectivity index (χ4v) is 2.42. The molecule has 0 bridgehead atoms. The van der Waals surface area contributed by atoms with Gasteiger partial charge in [-0.1, -0.05) is 20.3 Å². The van der Waals surface area contributed by atoms with Crippen LogP contribution in [-0.2, 0) is 10.8 Å². The molecule has 0 radical (unpaired) electrons. The molecule has 13 heavy (non-hydrogen) atoms. The Kier molecular flexibility index (Phi) is 8.77. The molecule has 2 unspecified atom stereocenters. The Balaban J connectivity index is 3.26. The van der Waals surface area contributed by atoms with Crippen molar-refractivity contribution >= 4 is 10.8 Å². The second kappa shape index (κ2) is 8.70. The van der Waals surface area contributed by atoms with Crippen molar-refractivity contribution in [1.29, 1.82) is 0 Å². The minimum atomic E-state index is -0.594. The van der Waals surface area contributed by atoms with Gasteiger partial charge in [-0.25, -0.2) is 0 Å². The second-order valence-electron chi connectivity index (χ2n) is 3.51. The van der Waals surface area contributed by atoms with E-state index in [1.165, 1.54) is 0 Å². The average Bonchev–Trinajstić information content (AvgIpc) is 2.14. The lowest BCUT2D eigenvalue weighted by molar-refractivity contribution is 0.585. The lowest BCUT2D eigenvalue weighted by atomic mass is 10.1. The van der Waals surface area contributed by atoms with Crippen molar-refractivity contribution < 1.29 is 4.21 Å². The number of nitrogens with two attached hydrogens (primary N) is 1. The zero-order valence-corrected chi connectivity index (χ0v) is 9.74. The molecule has 3 heteroatoms. The minimum absolute atomic E-state index is 0.308. The van der Waals surface area contributed by atoms with Crippen LogP contribution >= 0.6 is 0 Å². The Morgan fingerprint density at radius 2 is 1.85 bits per heavy atom. The van der Waals surface area contributed by atoms with Crippen LogP contribution in [0.2, 0.25) is 0 Å². The van der Waals surface area contributed by atoms with Crippen LogP contribution < -0.4 is 5.73 Å². The van der Waals surface area contributed by atoms with Gasteiger partial charge in [0, 0.05) is 28.3 Å². The van der Waals surface area contributed by atoms with Crippen LogP contribution in [0.5, 0.6) is 0 Å². The molecule has 2 atom stereocenters. The summed E-state index contributed by atoms with van der Waals surface area (Å²) in [5.41, 5.74) is 5.76. The standard InChI is InChI=1S/C10H23NOS/c1-3-5-8-13(12)9-6-7-10(11)4-2/h10H,3-9,11H2,1-2H3. The van der Waals surface area contributed by atoms with E-state index in [1.54, 1.807) is 0 Å². The zero-order chi connectivity index (χ0) is 10.1. The van der Waals surface area contributed by atoms with E-state index >= 15 is 0 Å². The smallest absolute Gasteiger partial charge is 0.0235 e. The first-order valence-corrected chi connectivity index (χ1v) is 6.80. The summed E-state index contributed by atoms with van der Waals surface area (Å²) in [4.78, 5) is 0. The summed E-state index contributed by atoms with van der Waals surface area (Å²) in [6.45, 7) is 4.23. The van der Waals surface area contributed by atoms with Gasteiger partial charge in [-0.05, 0) is 25.7 Å². The molecule has 0 amide bonds. The summed E-state index contributed by atoms with van der Waals surface area (Å²) in [7, 11) is -0.594. The average molecular weight is 205 g/mol. The monoisotopic (exact) mass is 205 g/mol. The minimum Gasteiger partial charge on any atom is -0.328 e. The predicted molar refractivity (Wildman–Crippen MR) is 60.3 cm³/mol. The summed E-state index contributed by atoms with van der Waals surface area (Å²) < 4.78 is 11.3. The molecule has 0 saturated carbocycles. The van der Waals surface area contributed by atoms with Crippen molar-refractivity contribution in [2.24, 2.45) is 5.73 Å². The Morgan fingerprint density at radius 3 is 2.38 bits per heavy atom. The van der Waals surface area contributed by atoms with Crippen LogP contribution in [0.4, 0.5) is 0 Å². The number of unbranched alkanes of at least 4 members (excludes halogenated alkanes) is 1. The van der Waals surface area contributed by atoms with Gasteiger partial charge in [-0.3, -0.25) is 4.21 Å². The molecule has 0 saturated heterocycles. The maximum Gasteiger partial charge on any atom is 0.0235 e. The highest BCUT2D eigenvalue weighted by Gasteiger charge is 2.02. The largest absolute Gasteiger partial charge is 0.328 e. The van der Waals surface area contributed by atoms with E-state index in [2.05, 4.69) is 13.8 Å². The quantitative estimate of drug-likeness (QED) is 0.659. The summed E-state index contributed by atoms with van der Waals surface area (Å²) in [5, 5.41) is 0. The van der Waals surface area contributed by atoms with Crippen molar-refractivity contribution in [1.82, 2.24) is 0 Å². The number of hydrogen-bond acceptors (Lipinski definition) is 2. The molecule has 2 nitrogen and oxygen atoms in total. The van der Waals surface area contributed by atoms with E-state index in [4.69, 9.17) is 5.73 Å². The van der Waals surface area contributed by atoms with Gasteiger partial charge >= 0.3 is 0 Å². The van der Waals surface area contributed by atoms with E-state index in [0.717, 1.165) is 43.6 Å². The Bertz CT molecular complexity index is 139. The van der Waals surface area contributed by atoms with Crippen molar-refractivity contribution in [3.8, 4) is 0 Å². The summed E-state index contributed by atoms with van der Waals surface area (Å²) >= 11 is 0. The molecular formula is C10H23NOS. The van der Waals surface area contributed by atoms with Gasteiger partial charge in [0.25, 0.3) is 0 Å². The first kappa shape index (κ1) is 13.1. The molecule has 0 aromatic carbocycles. The van der Waals surface area contributed by atoms with Crippen LogP contribution in [0, 0.1) is 0 Å². The van der Waals surface area contributed by atoms with Gasteiger partial charge in [0.1, 0.15) is 0 Å². The maximum absolute atomic E-state index is 11.3. The van der Waals surface area contributed by atoms with E-state index < -0.39 is 10.8 Å². The third-order valence-electron chi connectivity index (χ3n) is 2.20. The molecular weight excluding hydrogens is 182 g/mol. The van der Waals surface area contributed by atoms with Gasteiger partial charge in [0.05, 0.1) is 0 Å². The maximum atomic E-state index is 11.3. The third-order valence-corrected chi connectivity index (χ3v) is 3.68. The molecule has 0 aliphatic carbocycles. The van der Waals surface area contributed by atoms with E-state index in [1.807, 2.05) is 0 Å². The molecule has 0 aromatic rings. The highest BCUT2D eigenvalue weighted by molar-refractivity contribution is 7.84. The van der Waals surface area contributed by atoms with Crippen molar-refractivity contribution in [2.75, 3.05) is 11.5 Å². The summed E-state index contributed by atoms with van der Waals surface area (Å²) in [6, 6.07) is 0.308. The first-order chi connectivity index (χ1) is 6.20. The fourth-order valence-electron chi connectivity index (χ4n) is 1.12. The Hall–Kier alpha value is 0.110. The van der Waals surface area contributed by atoms with Crippen molar-refractivity contribution in [3.63, 3.8) is 0 Å². The van der Waals surface area contributed by atoms with Crippen LogP contribution in [0.25, 0.3) is 0 Å². The lowest BCUT2D eigenvalue weighted by Gasteiger charge is -2.07. The van der Waals surface area contributed by atoms with Gasteiger partial charge in [0.2, 0.25) is 0 Å². The first-order valence-electron chi connectivity index (χ1n) is 5.31. The normalized spacial score (nSPS) is 15.6. The van der Waals surface area contributed by atoms with Crippen LogP contribution in [0.1, 0.15) is 46.0 Å². The van der Waals surface area contributed by atoms with Gasteiger partial charge in [-0.15, -0.1) is 0 Å². The summed E-state index contributed by atoms with van der Waals surface area (Å²) in [6.07, 6.45) is 5.30. The molecule has 0 aliphatic rings. The molecule has 0 rings (SSSR count). The van der Waals surface area contributed by atoms with Crippen LogP contribution in [0.3, 0.4) is 0 Å². The molecule has 80 valence electrons. The molecule has 0 heterocycles. The number of hydrogen-bond donors (Lipinski definition) is 1. The van der Waals surface area contributed by atoms with E-state index in [9.17, 15) is 4.21 Å². The van der Waals surface area contributed by atoms with E-state index in [-0.39, 0.29) is 0 Å². The fraction of sp³-hybridized carbons (Fsp3) is 1.00. The van der Waals surface area contributed by atoms with E-state index in [0.29, 0.717) is 6.04 Å². The Morgan fingerprint density at radius 1 is 1.23 bits per heavy atom. The van der Waals surface area contributed by atoms with Gasteiger partial charge in [-0.2, -0.15) is 0 Å². The second-order valence-corrected chi connectivity index (χ2v) is 5.21. The lowest BCUT2D eigenvalue weighted by Crippen LogP contribution is -2.19. The molecule has 0 spiro atoms. The van der Waals surface area contributed by atoms with Crippen molar-refractivity contribution in [2.45, 2.75) is 52.0 Å². The van der Waals surface area contributed by atoms with Gasteiger partial charge < -0.3 is 5.73 Å². The molecule has 0 aromatic heterocycles. The Labute approximate surface area is 84.7 Å². The van der Waals surface area contributed by atoms with Crippen LogP contribution in [0.15, 0.2) is 0 Å². The highest BCUT2D eigenvalue weighted by atomic mass is 32.2. The SMILES string of the molecule is CCCCS(=O)CCCC(N)CC. The number of rotatable bonds is 8. The van der Waals surface area contributed by atoms with Crippen molar-refractivity contribution in [3.05, 3.63) is 0 Å². The summed E-state index contributed by atoms with van der Waals surface area (Å²) in [5.74, 6) is 1.71. The topological polar surface area (TPSA) is 43.1 Å². The predicted octanol–water partition coefficient (Wildman–Crippen LogP) is 2.05. The molecule has 0 fully saturated rings. The zero-order valence-electron chi connectivity index (χ0n) is 8.92. The molecule has 0 aliphatic heterocycles.